The number of ether oxygens (including phenoxy) is 2. The summed E-state index contributed by atoms with van der Waals surface area (Å²) >= 11 is 0. The summed E-state index contributed by atoms with van der Waals surface area (Å²) in [6.45, 7) is 5.14. The van der Waals surface area contributed by atoms with Gasteiger partial charge in [0.25, 0.3) is 5.69 Å². The van der Waals surface area contributed by atoms with Crippen molar-refractivity contribution < 1.29 is 19.2 Å². The number of nitro groups is 1. The smallest absolute Gasteiger partial charge is 0.428 e. The summed E-state index contributed by atoms with van der Waals surface area (Å²) in [6.07, 6.45) is -0.841. The van der Waals surface area contributed by atoms with E-state index >= 15 is 0 Å². The third-order valence-electron chi connectivity index (χ3n) is 1.64. The standard InChI is InChI=1S/C11H13NO5/c1-11(2,3)17-10(13)16-9-6-4-8(5-7-9)12(14)15/h4-7H,1-3H3. The number of carbonyl (C=O) groups excluding carboxylic acids is 1. The zero-order chi connectivity index (χ0) is 13.1. The number of hydrogen-bond donors (Lipinski definition) is 0. The molecule has 6 heteroatoms. The van der Waals surface area contributed by atoms with E-state index in [-0.39, 0.29) is 11.4 Å². The van der Waals surface area contributed by atoms with Crippen molar-refractivity contribution in [3.63, 3.8) is 0 Å². The molecule has 17 heavy (non-hydrogen) atoms. The summed E-state index contributed by atoms with van der Waals surface area (Å²) in [5.74, 6) is 0.199. The summed E-state index contributed by atoms with van der Waals surface area (Å²) in [4.78, 5) is 21.1. The highest BCUT2D eigenvalue weighted by atomic mass is 16.7. The van der Waals surface area contributed by atoms with Gasteiger partial charge in [0.15, 0.2) is 0 Å². The van der Waals surface area contributed by atoms with E-state index in [1.165, 1.54) is 24.3 Å². The second-order valence-corrected chi connectivity index (χ2v) is 4.32. The molecule has 0 aliphatic rings. The van der Waals surface area contributed by atoms with Gasteiger partial charge in [-0.2, -0.15) is 0 Å². The van der Waals surface area contributed by atoms with Crippen molar-refractivity contribution in [2.75, 3.05) is 0 Å². The van der Waals surface area contributed by atoms with Crippen LogP contribution in [-0.4, -0.2) is 16.7 Å². The van der Waals surface area contributed by atoms with E-state index in [2.05, 4.69) is 0 Å². The number of rotatable bonds is 2. The second kappa shape index (κ2) is 4.82. The van der Waals surface area contributed by atoms with Gasteiger partial charge in [0.2, 0.25) is 0 Å². The molecule has 1 aromatic rings. The first-order valence-electron chi connectivity index (χ1n) is 4.93. The summed E-state index contributed by atoms with van der Waals surface area (Å²) in [5.41, 5.74) is -0.709. The van der Waals surface area contributed by atoms with Gasteiger partial charge in [0.05, 0.1) is 4.92 Å². The third kappa shape index (κ3) is 4.50. The van der Waals surface area contributed by atoms with Gasteiger partial charge in [-0.1, -0.05) is 0 Å². The van der Waals surface area contributed by atoms with Crippen LogP contribution in [-0.2, 0) is 4.74 Å². The fourth-order valence-corrected chi connectivity index (χ4v) is 1.00. The van der Waals surface area contributed by atoms with E-state index in [0.29, 0.717) is 0 Å². The van der Waals surface area contributed by atoms with E-state index in [1.54, 1.807) is 20.8 Å². The molecule has 0 radical (unpaired) electrons. The molecule has 0 heterocycles. The fraction of sp³-hybridized carbons (Fsp3) is 0.364. The van der Waals surface area contributed by atoms with Crippen LogP contribution in [0, 0.1) is 10.1 Å². The van der Waals surface area contributed by atoms with E-state index in [4.69, 9.17) is 9.47 Å². The van der Waals surface area contributed by atoms with Gasteiger partial charge in [-0.25, -0.2) is 4.79 Å². The van der Waals surface area contributed by atoms with Gasteiger partial charge < -0.3 is 9.47 Å². The Bertz CT molecular complexity index is 418. The van der Waals surface area contributed by atoms with Gasteiger partial charge in [-0.15, -0.1) is 0 Å². The minimum absolute atomic E-state index is 0.0680. The van der Waals surface area contributed by atoms with Gasteiger partial charge >= 0.3 is 6.16 Å². The zero-order valence-corrected chi connectivity index (χ0v) is 9.80. The van der Waals surface area contributed by atoms with Crippen LogP contribution in [0.15, 0.2) is 24.3 Å². The summed E-state index contributed by atoms with van der Waals surface area (Å²) < 4.78 is 9.77. The number of non-ortho nitro benzene ring substituents is 1. The largest absolute Gasteiger partial charge is 0.514 e. The predicted octanol–water partition coefficient (Wildman–Crippen LogP) is 2.91. The molecule has 6 nitrogen and oxygen atoms in total. The molecule has 1 aromatic carbocycles. The molecule has 92 valence electrons. The molecule has 1 rings (SSSR count). The van der Waals surface area contributed by atoms with Crippen LogP contribution < -0.4 is 4.74 Å². The topological polar surface area (TPSA) is 78.7 Å². The van der Waals surface area contributed by atoms with Crippen LogP contribution in [0.1, 0.15) is 20.8 Å². The number of nitro benzene ring substituents is 1. The quantitative estimate of drug-likeness (QED) is 0.343. The van der Waals surface area contributed by atoms with Crippen molar-refractivity contribution in [2.45, 2.75) is 26.4 Å². The fourth-order valence-electron chi connectivity index (χ4n) is 1.00. The lowest BCUT2D eigenvalue weighted by Crippen LogP contribution is -2.25. The van der Waals surface area contributed by atoms with E-state index in [1.807, 2.05) is 0 Å². The maximum absolute atomic E-state index is 11.3. The van der Waals surface area contributed by atoms with E-state index in [9.17, 15) is 14.9 Å². The Morgan fingerprint density at radius 3 is 2.18 bits per heavy atom. The number of carbonyl (C=O) groups is 1. The molecule has 0 saturated heterocycles. The number of benzene rings is 1. The van der Waals surface area contributed by atoms with Crippen molar-refractivity contribution in [3.05, 3.63) is 34.4 Å². The Balaban J connectivity index is 2.64. The number of nitrogens with zero attached hydrogens (tertiary/aromatic N) is 1. The first kappa shape index (κ1) is 13.0. The van der Waals surface area contributed by atoms with Crippen LogP contribution in [0.5, 0.6) is 5.75 Å². The van der Waals surface area contributed by atoms with Crippen molar-refractivity contribution in [1.82, 2.24) is 0 Å². The molecule has 0 unspecified atom stereocenters. The van der Waals surface area contributed by atoms with Gasteiger partial charge in [0, 0.05) is 12.1 Å². The Hall–Kier alpha value is -2.11. The molecule has 0 amide bonds. The average Bonchev–Trinajstić information content (AvgIpc) is 2.15. The lowest BCUT2D eigenvalue weighted by molar-refractivity contribution is -0.384. The SMILES string of the molecule is CC(C)(C)OC(=O)Oc1ccc([N+](=O)[O-])cc1. The van der Waals surface area contributed by atoms with Gasteiger partial charge in [0.1, 0.15) is 11.4 Å². The van der Waals surface area contributed by atoms with Crippen molar-refractivity contribution in [3.8, 4) is 5.75 Å². The van der Waals surface area contributed by atoms with Crippen LogP contribution in [0.2, 0.25) is 0 Å². The lowest BCUT2D eigenvalue weighted by Gasteiger charge is -2.18. The average molecular weight is 239 g/mol. The van der Waals surface area contributed by atoms with Gasteiger partial charge in [-0.05, 0) is 32.9 Å². The predicted molar refractivity (Wildman–Crippen MR) is 60.0 cm³/mol. The Kier molecular flexibility index (Phi) is 3.67. The summed E-state index contributed by atoms with van der Waals surface area (Å²) in [5, 5.41) is 10.4. The third-order valence-corrected chi connectivity index (χ3v) is 1.64. The minimum atomic E-state index is -0.841. The maximum Gasteiger partial charge on any atom is 0.514 e. The highest BCUT2D eigenvalue weighted by Crippen LogP contribution is 2.18. The van der Waals surface area contributed by atoms with Crippen molar-refractivity contribution in [2.24, 2.45) is 0 Å². The molecule has 0 fully saturated rings. The molecule has 0 spiro atoms. The molecule has 0 aliphatic heterocycles. The van der Waals surface area contributed by atoms with Crippen LogP contribution in [0.3, 0.4) is 0 Å². The first-order valence-corrected chi connectivity index (χ1v) is 4.93. The number of hydrogen-bond acceptors (Lipinski definition) is 5. The van der Waals surface area contributed by atoms with E-state index in [0.717, 1.165) is 0 Å². The molecular formula is C11H13NO5. The molecular weight excluding hydrogens is 226 g/mol. The Labute approximate surface area is 98.3 Å². The highest BCUT2D eigenvalue weighted by Gasteiger charge is 2.18. The van der Waals surface area contributed by atoms with Crippen LogP contribution >= 0.6 is 0 Å². The second-order valence-electron chi connectivity index (χ2n) is 4.32. The van der Waals surface area contributed by atoms with Crippen LogP contribution in [0.4, 0.5) is 10.5 Å². The molecule has 0 bridgehead atoms. The molecule has 0 atom stereocenters. The van der Waals surface area contributed by atoms with Gasteiger partial charge in [-0.3, -0.25) is 10.1 Å². The Morgan fingerprint density at radius 2 is 1.76 bits per heavy atom. The molecule has 0 N–H and O–H groups in total. The van der Waals surface area contributed by atoms with Crippen molar-refractivity contribution >= 4 is 11.8 Å². The highest BCUT2D eigenvalue weighted by molar-refractivity contribution is 5.64. The molecule has 0 aliphatic carbocycles. The maximum atomic E-state index is 11.3. The van der Waals surface area contributed by atoms with Crippen molar-refractivity contribution in [1.29, 1.82) is 0 Å². The summed E-state index contributed by atoms with van der Waals surface area (Å²) in [6, 6.07) is 5.17. The van der Waals surface area contributed by atoms with E-state index < -0.39 is 16.7 Å². The molecule has 0 saturated carbocycles. The Morgan fingerprint density at radius 1 is 1.24 bits per heavy atom. The zero-order valence-electron chi connectivity index (χ0n) is 9.80. The first-order chi connectivity index (χ1) is 7.78. The monoisotopic (exact) mass is 239 g/mol. The van der Waals surface area contributed by atoms with Crippen LogP contribution in [0.25, 0.3) is 0 Å². The lowest BCUT2D eigenvalue weighted by atomic mass is 10.2. The summed E-state index contributed by atoms with van der Waals surface area (Å²) in [7, 11) is 0. The molecule has 0 aromatic heterocycles. The minimum Gasteiger partial charge on any atom is -0.428 e. The normalized spacial score (nSPS) is 10.8.